The Kier molecular flexibility index (Phi) is 3.17. The summed E-state index contributed by atoms with van der Waals surface area (Å²) in [6.45, 7) is 6.67. The second kappa shape index (κ2) is 4.79. The summed E-state index contributed by atoms with van der Waals surface area (Å²) in [5.74, 6) is 1.52. The third-order valence-corrected chi connectivity index (χ3v) is 4.19. The van der Waals surface area contributed by atoms with Crippen molar-refractivity contribution in [3.8, 4) is 0 Å². The maximum absolute atomic E-state index is 5.64. The molecule has 0 radical (unpaired) electrons. The highest BCUT2D eigenvalue weighted by atomic mass is 16.5. The number of ether oxygens (including phenoxy) is 1. The molecule has 0 aliphatic carbocycles. The first-order valence-electron chi connectivity index (χ1n) is 6.69. The van der Waals surface area contributed by atoms with E-state index in [0.717, 1.165) is 25.0 Å². The van der Waals surface area contributed by atoms with E-state index in [1.807, 2.05) is 0 Å². The molecule has 0 aromatic heterocycles. The Balaban J connectivity index is 1.72. The molecule has 2 bridgehead atoms. The number of benzene rings is 1. The number of piperidine rings is 1. The summed E-state index contributed by atoms with van der Waals surface area (Å²) in [6.07, 6.45) is 1.37. The number of hydrogen-bond donors (Lipinski definition) is 0. The van der Waals surface area contributed by atoms with Gasteiger partial charge in [0.2, 0.25) is 0 Å². The SMILES string of the molecule is C[C@@H](c1ccccc1)N1C[C@@H]2COC[C@@H](C2)C1. The molecular weight excluding hydrogens is 210 g/mol. The minimum atomic E-state index is 0.541. The van der Waals surface area contributed by atoms with Gasteiger partial charge in [0.1, 0.15) is 0 Å². The van der Waals surface area contributed by atoms with E-state index in [1.165, 1.54) is 25.1 Å². The molecule has 17 heavy (non-hydrogen) atoms. The van der Waals surface area contributed by atoms with Crippen molar-refractivity contribution in [3.05, 3.63) is 35.9 Å². The zero-order valence-electron chi connectivity index (χ0n) is 10.5. The summed E-state index contributed by atoms with van der Waals surface area (Å²) in [4.78, 5) is 2.64. The predicted octanol–water partition coefficient (Wildman–Crippen LogP) is 2.72. The fourth-order valence-electron chi connectivity index (χ4n) is 3.26. The second-order valence-electron chi connectivity index (χ2n) is 5.55. The number of likely N-dealkylation sites (tertiary alicyclic amines) is 1. The summed E-state index contributed by atoms with van der Waals surface area (Å²) in [5.41, 5.74) is 1.44. The van der Waals surface area contributed by atoms with E-state index in [-0.39, 0.29) is 0 Å². The number of nitrogens with zero attached hydrogens (tertiary/aromatic N) is 1. The van der Waals surface area contributed by atoms with Crippen LogP contribution in [0.25, 0.3) is 0 Å². The normalized spacial score (nSPS) is 31.1. The third-order valence-electron chi connectivity index (χ3n) is 4.19. The zero-order chi connectivity index (χ0) is 11.7. The molecular formula is C15H21NO. The maximum atomic E-state index is 5.64. The van der Waals surface area contributed by atoms with Crippen LogP contribution in [0, 0.1) is 11.8 Å². The zero-order valence-corrected chi connectivity index (χ0v) is 10.5. The molecule has 0 unspecified atom stereocenters. The van der Waals surface area contributed by atoms with Crippen molar-refractivity contribution in [2.75, 3.05) is 26.3 Å². The highest BCUT2D eigenvalue weighted by Crippen LogP contribution is 2.32. The molecule has 2 heteroatoms. The number of fused-ring (bicyclic) bond motifs is 2. The van der Waals surface area contributed by atoms with Gasteiger partial charge in [-0.15, -0.1) is 0 Å². The van der Waals surface area contributed by atoms with Crippen LogP contribution in [0.4, 0.5) is 0 Å². The average molecular weight is 231 g/mol. The van der Waals surface area contributed by atoms with Crippen LogP contribution >= 0.6 is 0 Å². The highest BCUT2D eigenvalue weighted by Gasteiger charge is 2.33. The van der Waals surface area contributed by atoms with Crippen molar-refractivity contribution >= 4 is 0 Å². The van der Waals surface area contributed by atoms with E-state index in [9.17, 15) is 0 Å². The highest BCUT2D eigenvalue weighted by molar-refractivity contribution is 5.18. The summed E-state index contributed by atoms with van der Waals surface area (Å²) in [5, 5.41) is 0. The smallest absolute Gasteiger partial charge is 0.0506 e. The fraction of sp³-hybridized carbons (Fsp3) is 0.600. The molecule has 1 aromatic rings. The lowest BCUT2D eigenvalue weighted by Gasteiger charge is -2.43. The lowest BCUT2D eigenvalue weighted by Crippen LogP contribution is -2.47. The van der Waals surface area contributed by atoms with E-state index in [0.29, 0.717) is 6.04 Å². The first kappa shape index (κ1) is 11.2. The van der Waals surface area contributed by atoms with Gasteiger partial charge in [0.25, 0.3) is 0 Å². The molecule has 2 heterocycles. The van der Waals surface area contributed by atoms with Crippen molar-refractivity contribution in [1.29, 1.82) is 0 Å². The van der Waals surface area contributed by atoms with Gasteiger partial charge >= 0.3 is 0 Å². The summed E-state index contributed by atoms with van der Waals surface area (Å²) >= 11 is 0. The molecule has 92 valence electrons. The van der Waals surface area contributed by atoms with Crippen LogP contribution in [0.5, 0.6) is 0 Å². The van der Waals surface area contributed by atoms with Gasteiger partial charge in [0, 0.05) is 19.1 Å². The van der Waals surface area contributed by atoms with Gasteiger partial charge in [-0.05, 0) is 30.7 Å². The average Bonchev–Trinajstić information content (AvgIpc) is 2.38. The van der Waals surface area contributed by atoms with Gasteiger partial charge in [-0.25, -0.2) is 0 Å². The quantitative estimate of drug-likeness (QED) is 0.776. The number of rotatable bonds is 2. The fourth-order valence-corrected chi connectivity index (χ4v) is 3.26. The van der Waals surface area contributed by atoms with E-state index in [4.69, 9.17) is 4.74 Å². The minimum absolute atomic E-state index is 0.541. The maximum Gasteiger partial charge on any atom is 0.0506 e. The standard InChI is InChI=1S/C15H21NO/c1-12(15-5-3-2-4-6-15)16-8-13-7-14(9-16)11-17-10-13/h2-6,12-14H,7-11H2,1H3/t12-,13-,14+/m0/s1. The minimum Gasteiger partial charge on any atom is -0.381 e. The van der Waals surface area contributed by atoms with Crippen molar-refractivity contribution in [1.82, 2.24) is 4.90 Å². The van der Waals surface area contributed by atoms with Crippen LogP contribution in [0.3, 0.4) is 0 Å². The van der Waals surface area contributed by atoms with Crippen LogP contribution in [0.2, 0.25) is 0 Å². The van der Waals surface area contributed by atoms with Crippen molar-refractivity contribution in [2.24, 2.45) is 11.8 Å². The Bertz CT molecular complexity index is 352. The number of hydrogen-bond acceptors (Lipinski definition) is 2. The first-order chi connectivity index (χ1) is 8.33. The molecule has 2 aliphatic rings. The van der Waals surface area contributed by atoms with Crippen LogP contribution in [-0.4, -0.2) is 31.2 Å². The Labute approximate surface area is 104 Å². The van der Waals surface area contributed by atoms with Gasteiger partial charge in [-0.3, -0.25) is 4.90 Å². The first-order valence-corrected chi connectivity index (χ1v) is 6.69. The predicted molar refractivity (Wildman–Crippen MR) is 68.8 cm³/mol. The molecule has 3 rings (SSSR count). The molecule has 2 nitrogen and oxygen atoms in total. The molecule has 1 aromatic carbocycles. The molecule has 2 saturated heterocycles. The van der Waals surface area contributed by atoms with Gasteiger partial charge in [0.15, 0.2) is 0 Å². The summed E-state index contributed by atoms with van der Waals surface area (Å²) < 4.78 is 5.64. The van der Waals surface area contributed by atoms with Crippen molar-refractivity contribution in [2.45, 2.75) is 19.4 Å². The van der Waals surface area contributed by atoms with Gasteiger partial charge in [-0.2, -0.15) is 0 Å². The molecule has 2 aliphatic heterocycles. The largest absolute Gasteiger partial charge is 0.381 e. The topological polar surface area (TPSA) is 12.5 Å². The monoisotopic (exact) mass is 231 g/mol. The van der Waals surface area contributed by atoms with E-state index in [2.05, 4.69) is 42.2 Å². The van der Waals surface area contributed by atoms with Crippen LogP contribution < -0.4 is 0 Å². The molecule has 0 amide bonds. The van der Waals surface area contributed by atoms with Gasteiger partial charge in [0.05, 0.1) is 13.2 Å². The molecule has 0 spiro atoms. The van der Waals surface area contributed by atoms with E-state index in [1.54, 1.807) is 0 Å². The summed E-state index contributed by atoms with van der Waals surface area (Å²) in [7, 11) is 0. The Morgan fingerprint density at radius 1 is 1.12 bits per heavy atom. The summed E-state index contributed by atoms with van der Waals surface area (Å²) in [6, 6.07) is 11.4. The van der Waals surface area contributed by atoms with Crippen LogP contribution in [0.15, 0.2) is 30.3 Å². The molecule has 0 saturated carbocycles. The van der Waals surface area contributed by atoms with Crippen molar-refractivity contribution in [3.63, 3.8) is 0 Å². The Morgan fingerprint density at radius 2 is 1.76 bits per heavy atom. The third kappa shape index (κ3) is 2.38. The Hall–Kier alpha value is -0.860. The van der Waals surface area contributed by atoms with Gasteiger partial charge < -0.3 is 4.74 Å². The van der Waals surface area contributed by atoms with Crippen molar-refractivity contribution < 1.29 is 4.74 Å². The van der Waals surface area contributed by atoms with E-state index >= 15 is 0 Å². The van der Waals surface area contributed by atoms with Crippen LogP contribution in [-0.2, 0) is 4.74 Å². The van der Waals surface area contributed by atoms with Gasteiger partial charge in [-0.1, -0.05) is 30.3 Å². The molecule has 0 N–H and O–H groups in total. The Morgan fingerprint density at radius 3 is 2.41 bits per heavy atom. The molecule has 3 atom stereocenters. The van der Waals surface area contributed by atoms with E-state index < -0.39 is 0 Å². The lowest BCUT2D eigenvalue weighted by molar-refractivity contribution is -0.0501. The second-order valence-corrected chi connectivity index (χ2v) is 5.55. The molecule has 2 fully saturated rings. The van der Waals surface area contributed by atoms with Crippen LogP contribution in [0.1, 0.15) is 24.9 Å². The lowest BCUT2D eigenvalue weighted by atomic mass is 9.87.